The quantitative estimate of drug-likeness (QED) is 0.751. The minimum Gasteiger partial charge on any atom is -0.497 e. The van der Waals surface area contributed by atoms with Gasteiger partial charge in [-0.25, -0.2) is 9.48 Å². The van der Waals surface area contributed by atoms with E-state index in [0.717, 1.165) is 11.5 Å². The van der Waals surface area contributed by atoms with E-state index < -0.39 is 5.97 Å². The Morgan fingerprint density at radius 3 is 2.55 bits per heavy atom. The van der Waals surface area contributed by atoms with Crippen LogP contribution in [0.2, 0.25) is 0 Å². The maximum atomic E-state index is 11.0. The highest BCUT2D eigenvalue weighted by Gasteiger charge is 2.16. The van der Waals surface area contributed by atoms with Crippen molar-refractivity contribution in [2.45, 2.75) is 26.3 Å². The van der Waals surface area contributed by atoms with Crippen LogP contribution in [0, 0.1) is 0 Å². The van der Waals surface area contributed by atoms with Gasteiger partial charge in [0.1, 0.15) is 11.5 Å². The lowest BCUT2D eigenvalue weighted by Crippen LogP contribution is -2.10. The van der Waals surface area contributed by atoms with Crippen LogP contribution in [0.5, 0.6) is 11.5 Å². The van der Waals surface area contributed by atoms with Crippen LogP contribution in [-0.2, 0) is 13.0 Å². The summed E-state index contributed by atoms with van der Waals surface area (Å²) in [5.41, 5.74) is 0.663. The Morgan fingerprint density at radius 1 is 1.27 bits per heavy atom. The molecule has 0 saturated carbocycles. The molecule has 0 atom stereocenters. The van der Waals surface area contributed by atoms with Gasteiger partial charge in [-0.1, -0.05) is 12.1 Å². The van der Waals surface area contributed by atoms with Crippen molar-refractivity contribution in [3.05, 3.63) is 35.7 Å². The van der Waals surface area contributed by atoms with Crippen LogP contribution < -0.4 is 9.47 Å². The van der Waals surface area contributed by atoms with Crippen LogP contribution in [0.3, 0.4) is 0 Å². The number of methoxy groups -OCH3 is 1. The van der Waals surface area contributed by atoms with Crippen molar-refractivity contribution in [3.63, 3.8) is 0 Å². The summed E-state index contributed by atoms with van der Waals surface area (Å²) in [6.07, 6.45) is 1.29. The number of rotatable bonds is 8. The lowest BCUT2D eigenvalue weighted by molar-refractivity contribution is 0.0689. The van der Waals surface area contributed by atoms with Crippen molar-refractivity contribution in [2.75, 3.05) is 13.7 Å². The van der Waals surface area contributed by atoms with Gasteiger partial charge in [0.25, 0.3) is 0 Å². The van der Waals surface area contributed by atoms with Gasteiger partial charge in [-0.15, -0.1) is 5.10 Å². The molecule has 0 amide bonds. The number of carbonyl (C=O) groups is 1. The smallest absolute Gasteiger partial charge is 0.358 e. The summed E-state index contributed by atoms with van der Waals surface area (Å²) in [5.74, 6) is 0.502. The highest BCUT2D eigenvalue weighted by atomic mass is 16.5. The van der Waals surface area contributed by atoms with E-state index in [2.05, 4.69) is 10.3 Å². The maximum absolute atomic E-state index is 11.0. The second kappa shape index (κ2) is 7.44. The summed E-state index contributed by atoms with van der Waals surface area (Å²) in [5, 5.41) is 16.6. The standard InChI is InChI=1S/C15H19N3O4/c1-3-13-14(15(19)20)16-17-18(13)9-4-10-22-12-7-5-11(21-2)6-8-12/h5-8H,3-4,9-10H2,1-2H3,(H,19,20). The van der Waals surface area contributed by atoms with E-state index in [4.69, 9.17) is 14.6 Å². The van der Waals surface area contributed by atoms with E-state index in [-0.39, 0.29) is 5.69 Å². The van der Waals surface area contributed by atoms with Gasteiger partial charge in [-0.2, -0.15) is 0 Å². The first-order valence-electron chi connectivity index (χ1n) is 7.08. The average molecular weight is 305 g/mol. The topological polar surface area (TPSA) is 86.5 Å². The van der Waals surface area contributed by atoms with Crippen molar-refractivity contribution in [1.29, 1.82) is 0 Å². The van der Waals surface area contributed by atoms with E-state index in [1.54, 1.807) is 11.8 Å². The Bertz CT molecular complexity index is 622. The van der Waals surface area contributed by atoms with E-state index >= 15 is 0 Å². The molecule has 0 unspecified atom stereocenters. The summed E-state index contributed by atoms with van der Waals surface area (Å²) in [7, 11) is 1.62. The normalized spacial score (nSPS) is 10.5. The van der Waals surface area contributed by atoms with Gasteiger partial charge in [0.2, 0.25) is 0 Å². The molecular weight excluding hydrogens is 286 g/mol. The third kappa shape index (κ3) is 3.75. The monoisotopic (exact) mass is 305 g/mol. The lowest BCUT2D eigenvalue weighted by Gasteiger charge is -2.08. The number of aryl methyl sites for hydroxylation is 1. The highest BCUT2D eigenvalue weighted by Crippen LogP contribution is 2.17. The number of aromatic nitrogens is 3. The summed E-state index contributed by atoms with van der Waals surface area (Å²) >= 11 is 0. The molecular formula is C15H19N3O4. The van der Waals surface area contributed by atoms with Gasteiger partial charge in [0, 0.05) is 13.0 Å². The molecule has 118 valence electrons. The number of carboxylic acids is 1. The van der Waals surface area contributed by atoms with Gasteiger partial charge in [-0.3, -0.25) is 0 Å². The first-order chi connectivity index (χ1) is 10.7. The predicted molar refractivity (Wildman–Crippen MR) is 79.5 cm³/mol. The number of nitrogens with zero attached hydrogens (tertiary/aromatic N) is 3. The Balaban J connectivity index is 1.84. The fourth-order valence-electron chi connectivity index (χ4n) is 2.10. The van der Waals surface area contributed by atoms with Crippen molar-refractivity contribution in [3.8, 4) is 11.5 Å². The number of hydrogen-bond acceptors (Lipinski definition) is 5. The van der Waals surface area contributed by atoms with E-state index in [9.17, 15) is 4.79 Å². The molecule has 22 heavy (non-hydrogen) atoms. The van der Waals surface area contributed by atoms with Crippen LogP contribution in [0.4, 0.5) is 0 Å². The highest BCUT2D eigenvalue weighted by molar-refractivity contribution is 5.86. The zero-order chi connectivity index (χ0) is 15.9. The maximum Gasteiger partial charge on any atom is 0.358 e. The molecule has 0 radical (unpaired) electrons. The third-order valence-corrected chi connectivity index (χ3v) is 3.22. The molecule has 1 heterocycles. The van der Waals surface area contributed by atoms with Crippen molar-refractivity contribution in [2.24, 2.45) is 0 Å². The molecule has 7 heteroatoms. The Hall–Kier alpha value is -2.57. The van der Waals surface area contributed by atoms with Gasteiger partial charge < -0.3 is 14.6 Å². The largest absolute Gasteiger partial charge is 0.497 e. The van der Waals surface area contributed by atoms with E-state index in [0.29, 0.717) is 31.7 Å². The molecule has 0 bridgehead atoms. The van der Waals surface area contributed by atoms with Crippen molar-refractivity contribution < 1.29 is 19.4 Å². The van der Waals surface area contributed by atoms with Crippen LogP contribution in [-0.4, -0.2) is 39.8 Å². The predicted octanol–water partition coefficient (Wildman–Crippen LogP) is 2.02. The van der Waals surface area contributed by atoms with Gasteiger partial charge in [-0.05, 0) is 30.7 Å². The van der Waals surface area contributed by atoms with Gasteiger partial charge in [0.05, 0.1) is 19.4 Å². The molecule has 2 rings (SSSR count). The molecule has 1 aromatic carbocycles. The molecule has 2 aromatic rings. The summed E-state index contributed by atoms with van der Waals surface area (Å²) in [4.78, 5) is 11.0. The molecule has 0 spiro atoms. The second-order valence-corrected chi connectivity index (χ2v) is 4.64. The number of benzene rings is 1. The molecule has 0 aliphatic rings. The fraction of sp³-hybridized carbons (Fsp3) is 0.400. The number of carboxylic acid groups (broad SMARTS) is 1. The molecule has 7 nitrogen and oxygen atoms in total. The summed E-state index contributed by atoms with van der Waals surface area (Å²) in [6, 6.07) is 7.35. The fourth-order valence-corrected chi connectivity index (χ4v) is 2.10. The van der Waals surface area contributed by atoms with Crippen molar-refractivity contribution in [1.82, 2.24) is 15.0 Å². The molecule has 0 saturated heterocycles. The molecule has 0 aliphatic carbocycles. The third-order valence-electron chi connectivity index (χ3n) is 3.22. The minimum atomic E-state index is -1.04. The Morgan fingerprint density at radius 2 is 1.95 bits per heavy atom. The van der Waals surface area contributed by atoms with E-state index in [1.807, 2.05) is 31.2 Å². The number of aromatic carboxylic acids is 1. The van der Waals surface area contributed by atoms with Crippen LogP contribution >= 0.6 is 0 Å². The Kier molecular flexibility index (Phi) is 5.35. The second-order valence-electron chi connectivity index (χ2n) is 4.64. The number of hydrogen-bond donors (Lipinski definition) is 1. The van der Waals surface area contributed by atoms with Crippen LogP contribution in [0.15, 0.2) is 24.3 Å². The zero-order valence-corrected chi connectivity index (χ0v) is 12.7. The Labute approximate surface area is 128 Å². The van der Waals surface area contributed by atoms with Crippen LogP contribution in [0.1, 0.15) is 29.5 Å². The van der Waals surface area contributed by atoms with Crippen LogP contribution in [0.25, 0.3) is 0 Å². The SMILES string of the molecule is CCc1c(C(=O)O)nnn1CCCOc1ccc(OC)cc1. The summed E-state index contributed by atoms with van der Waals surface area (Å²) in [6.45, 7) is 2.97. The average Bonchev–Trinajstić information content (AvgIpc) is 2.95. The van der Waals surface area contributed by atoms with E-state index in [1.165, 1.54) is 0 Å². The number of ether oxygens (including phenoxy) is 2. The van der Waals surface area contributed by atoms with Crippen molar-refractivity contribution >= 4 is 5.97 Å². The molecule has 0 aliphatic heterocycles. The van der Waals surface area contributed by atoms with Gasteiger partial charge >= 0.3 is 5.97 Å². The first-order valence-corrected chi connectivity index (χ1v) is 7.08. The first kappa shape index (κ1) is 15.8. The zero-order valence-electron chi connectivity index (χ0n) is 12.7. The lowest BCUT2D eigenvalue weighted by atomic mass is 10.2. The molecule has 0 fully saturated rings. The minimum absolute atomic E-state index is 0.0265. The van der Waals surface area contributed by atoms with Gasteiger partial charge in [0.15, 0.2) is 5.69 Å². The molecule has 1 aromatic heterocycles. The molecule has 1 N–H and O–H groups in total. The summed E-state index contributed by atoms with van der Waals surface area (Å²) < 4.78 is 12.3.